The summed E-state index contributed by atoms with van der Waals surface area (Å²) >= 11 is 0. The van der Waals surface area contributed by atoms with Crippen molar-refractivity contribution in [2.75, 3.05) is 6.79 Å². The van der Waals surface area contributed by atoms with E-state index in [0.29, 0.717) is 23.2 Å². The normalized spacial score (nSPS) is 23.9. The molecule has 1 fully saturated rings. The first kappa shape index (κ1) is 14.0. The number of hydrogen-bond donors (Lipinski definition) is 1. The molecular weight excluding hydrogens is 272 g/mol. The lowest BCUT2D eigenvalue weighted by atomic mass is 9.85. The van der Waals surface area contributed by atoms with E-state index < -0.39 is 5.97 Å². The predicted octanol–water partition coefficient (Wildman–Crippen LogP) is 3.46. The largest absolute Gasteiger partial charge is 0.489 e. The lowest BCUT2D eigenvalue weighted by Gasteiger charge is -2.29. The van der Waals surface area contributed by atoms with Crippen molar-refractivity contribution in [1.29, 1.82) is 0 Å². The monoisotopic (exact) mass is 292 g/mol. The molecule has 1 saturated carbocycles. The lowest BCUT2D eigenvalue weighted by molar-refractivity contribution is 0.0681. The van der Waals surface area contributed by atoms with Gasteiger partial charge in [0.2, 0.25) is 6.79 Å². The third-order valence-corrected chi connectivity index (χ3v) is 4.31. The molecule has 0 radical (unpaired) electrons. The molecule has 21 heavy (non-hydrogen) atoms. The van der Waals surface area contributed by atoms with Gasteiger partial charge in [-0.15, -0.1) is 0 Å². The van der Waals surface area contributed by atoms with Crippen LogP contribution in [0.2, 0.25) is 0 Å². The van der Waals surface area contributed by atoms with Crippen LogP contribution in [0.25, 0.3) is 0 Å². The Morgan fingerprint density at radius 2 is 2.10 bits per heavy atom. The van der Waals surface area contributed by atoms with Crippen LogP contribution in [0, 0.1) is 5.92 Å². The highest BCUT2D eigenvalue weighted by molar-refractivity contribution is 5.92. The summed E-state index contributed by atoms with van der Waals surface area (Å²) in [6.07, 6.45) is 5.57. The second-order valence-electron chi connectivity index (χ2n) is 5.69. The van der Waals surface area contributed by atoms with Gasteiger partial charge in [-0.25, -0.2) is 4.79 Å². The van der Waals surface area contributed by atoms with Crippen molar-refractivity contribution in [2.45, 2.75) is 45.1 Å². The van der Waals surface area contributed by atoms with Crippen molar-refractivity contribution in [3.8, 4) is 17.2 Å². The van der Waals surface area contributed by atoms with Gasteiger partial charge >= 0.3 is 5.97 Å². The maximum atomic E-state index is 11.4. The van der Waals surface area contributed by atoms with Crippen LogP contribution in [0.4, 0.5) is 0 Å². The molecule has 114 valence electrons. The second kappa shape index (κ2) is 5.84. The van der Waals surface area contributed by atoms with E-state index in [1.165, 1.54) is 12.5 Å². The number of fused-ring (bicyclic) bond motifs is 1. The van der Waals surface area contributed by atoms with E-state index >= 15 is 0 Å². The fourth-order valence-electron chi connectivity index (χ4n) is 3.09. The van der Waals surface area contributed by atoms with E-state index in [1.54, 1.807) is 6.07 Å². The summed E-state index contributed by atoms with van der Waals surface area (Å²) in [6.45, 7) is 2.31. The zero-order valence-corrected chi connectivity index (χ0v) is 12.1. The van der Waals surface area contributed by atoms with Crippen molar-refractivity contribution in [3.05, 3.63) is 17.7 Å². The van der Waals surface area contributed by atoms with Gasteiger partial charge in [0.15, 0.2) is 11.5 Å². The van der Waals surface area contributed by atoms with Gasteiger partial charge in [0.1, 0.15) is 11.3 Å². The number of carboxylic acid groups (broad SMARTS) is 1. The molecule has 3 rings (SSSR count). The number of aromatic carboxylic acids is 1. The van der Waals surface area contributed by atoms with Crippen molar-refractivity contribution in [3.63, 3.8) is 0 Å². The Kier molecular flexibility index (Phi) is 3.90. The summed E-state index contributed by atoms with van der Waals surface area (Å²) in [7, 11) is 0. The summed E-state index contributed by atoms with van der Waals surface area (Å²) in [4.78, 5) is 11.4. The van der Waals surface area contributed by atoms with Gasteiger partial charge in [0.05, 0.1) is 6.10 Å². The predicted molar refractivity (Wildman–Crippen MR) is 76.2 cm³/mol. The van der Waals surface area contributed by atoms with Crippen LogP contribution in [-0.4, -0.2) is 24.0 Å². The van der Waals surface area contributed by atoms with Crippen LogP contribution in [0.5, 0.6) is 17.2 Å². The van der Waals surface area contributed by atoms with Crippen molar-refractivity contribution >= 4 is 5.97 Å². The summed E-state index contributed by atoms with van der Waals surface area (Å²) < 4.78 is 16.5. The molecule has 0 saturated heterocycles. The fourth-order valence-corrected chi connectivity index (χ4v) is 3.09. The van der Waals surface area contributed by atoms with Gasteiger partial charge in [-0.05, 0) is 25.2 Å². The van der Waals surface area contributed by atoms with Crippen LogP contribution < -0.4 is 14.2 Å². The Morgan fingerprint density at radius 3 is 2.81 bits per heavy atom. The van der Waals surface area contributed by atoms with Gasteiger partial charge in [-0.2, -0.15) is 0 Å². The standard InChI is InChI=1S/C16H20O5/c1-2-10-4-3-5-11(6-10)21-13-8-15-14(19-9-20-15)7-12(13)16(17)18/h7-8,10-11H,2-6,9H2,1H3,(H,17,18). The van der Waals surface area contributed by atoms with E-state index in [2.05, 4.69) is 6.92 Å². The van der Waals surface area contributed by atoms with Crippen LogP contribution in [-0.2, 0) is 0 Å². The Balaban J connectivity index is 1.82. The topological polar surface area (TPSA) is 65.0 Å². The van der Waals surface area contributed by atoms with Crippen LogP contribution in [0.1, 0.15) is 49.4 Å². The molecule has 1 aliphatic carbocycles. The molecule has 0 aromatic heterocycles. The highest BCUT2D eigenvalue weighted by Gasteiger charge is 2.26. The number of rotatable bonds is 4. The SMILES string of the molecule is CCC1CCCC(Oc2cc3c(cc2C(=O)O)OCO3)C1. The van der Waals surface area contributed by atoms with E-state index in [9.17, 15) is 9.90 Å². The van der Waals surface area contributed by atoms with E-state index in [-0.39, 0.29) is 18.5 Å². The summed E-state index contributed by atoms with van der Waals surface area (Å²) in [5.41, 5.74) is 0.137. The van der Waals surface area contributed by atoms with Gasteiger partial charge < -0.3 is 19.3 Å². The van der Waals surface area contributed by atoms with E-state index in [0.717, 1.165) is 25.7 Å². The number of carboxylic acids is 1. The molecule has 0 bridgehead atoms. The lowest BCUT2D eigenvalue weighted by Crippen LogP contribution is -2.25. The highest BCUT2D eigenvalue weighted by atomic mass is 16.7. The molecule has 1 heterocycles. The number of carbonyl (C=O) groups is 1. The average Bonchev–Trinajstić information content (AvgIpc) is 2.93. The Hall–Kier alpha value is -1.91. The minimum Gasteiger partial charge on any atom is -0.489 e. The fraction of sp³-hybridized carbons (Fsp3) is 0.562. The second-order valence-corrected chi connectivity index (χ2v) is 5.69. The zero-order valence-electron chi connectivity index (χ0n) is 12.1. The zero-order chi connectivity index (χ0) is 14.8. The molecule has 1 aromatic carbocycles. The van der Waals surface area contributed by atoms with Crippen molar-refractivity contribution < 1.29 is 24.1 Å². The quantitative estimate of drug-likeness (QED) is 0.920. The first-order valence-corrected chi connectivity index (χ1v) is 7.51. The van der Waals surface area contributed by atoms with Gasteiger partial charge in [0, 0.05) is 12.1 Å². The molecule has 0 spiro atoms. The number of benzene rings is 1. The molecule has 0 amide bonds. The first-order chi connectivity index (χ1) is 10.2. The molecular formula is C16H20O5. The number of ether oxygens (including phenoxy) is 3. The van der Waals surface area contributed by atoms with Crippen molar-refractivity contribution in [1.82, 2.24) is 0 Å². The number of hydrogen-bond acceptors (Lipinski definition) is 4. The van der Waals surface area contributed by atoms with Crippen molar-refractivity contribution in [2.24, 2.45) is 5.92 Å². The van der Waals surface area contributed by atoms with Gasteiger partial charge in [-0.3, -0.25) is 0 Å². The summed E-state index contributed by atoms with van der Waals surface area (Å²) in [5, 5.41) is 9.35. The molecule has 2 atom stereocenters. The third kappa shape index (κ3) is 2.91. The van der Waals surface area contributed by atoms with Crippen LogP contribution in [0.15, 0.2) is 12.1 Å². The van der Waals surface area contributed by atoms with Crippen LogP contribution >= 0.6 is 0 Å². The molecule has 5 nitrogen and oxygen atoms in total. The smallest absolute Gasteiger partial charge is 0.339 e. The van der Waals surface area contributed by atoms with E-state index in [4.69, 9.17) is 14.2 Å². The maximum Gasteiger partial charge on any atom is 0.339 e. The molecule has 2 unspecified atom stereocenters. The third-order valence-electron chi connectivity index (χ3n) is 4.31. The first-order valence-electron chi connectivity index (χ1n) is 7.51. The van der Waals surface area contributed by atoms with Gasteiger partial charge in [-0.1, -0.05) is 19.8 Å². The Bertz CT molecular complexity index is 540. The summed E-state index contributed by atoms with van der Waals surface area (Å²) in [6, 6.07) is 3.13. The molecule has 2 aliphatic rings. The highest BCUT2D eigenvalue weighted by Crippen LogP contribution is 2.39. The molecule has 1 aromatic rings. The molecule has 5 heteroatoms. The Morgan fingerprint density at radius 1 is 1.33 bits per heavy atom. The van der Waals surface area contributed by atoms with Crippen LogP contribution in [0.3, 0.4) is 0 Å². The minimum atomic E-state index is -1.01. The summed E-state index contributed by atoms with van der Waals surface area (Å²) in [5.74, 6) is 1.07. The minimum absolute atomic E-state index is 0.0853. The van der Waals surface area contributed by atoms with E-state index in [1.807, 2.05) is 0 Å². The molecule has 1 aliphatic heterocycles. The molecule has 1 N–H and O–H groups in total. The van der Waals surface area contributed by atoms with Gasteiger partial charge in [0.25, 0.3) is 0 Å². The average molecular weight is 292 g/mol. The maximum absolute atomic E-state index is 11.4. The Labute approximate surface area is 123 Å².